The van der Waals surface area contributed by atoms with E-state index in [2.05, 4.69) is 5.16 Å². The van der Waals surface area contributed by atoms with Crippen LogP contribution in [0, 0.1) is 0 Å². The fourth-order valence-electron chi connectivity index (χ4n) is 1.61. The van der Waals surface area contributed by atoms with Gasteiger partial charge in [-0.15, -0.1) is 0 Å². The Kier molecular flexibility index (Phi) is 5.12. The van der Waals surface area contributed by atoms with Crippen LogP contribution in [-0.2, 0) is 4.79 Å². The van der Waals surface area contributed by atoms with Crippen molar-refractivity contribution in [2.45, 2.75) is 0 Å². The lowest BCUT2D eigenvalue weighted by Gasteiger charge is -2.01. The molecule has 1 N–H and O–H groups in total. The third-order valence-electron chi connectivity index (χ3n) is 2.57. The minimum absolute atomic E-state index is 0.408. The van der Waals surface area contributed by atoms with Gasteiger partial charge in [-0.2, -0.15) is 0 Å². The minimum Gasteiger partial charge on any atom is -0.423 e. The summed E-state index contributed by atoms with van der Waals surface area (Å²) in [6.07, 6.45) is 4.24. The summed E-state index contributed by atoms with van der Waals surface area (Å²) >= 11 is 5.85. The lowest BCUT2D eigenvalue weighted by Crippen LogP contribution is -2.03. The Hall–Kier alpha value is -2.59. The molecule has 0 bridgehead atoms. The topological polar surface area (TPSA) is 58.9 Å². The van der Waals surface area contributed by atoms with E-state index >= 15 is 0 Å². The molecule has 0 amide bonds. The molecule has 0 spiro atoms. The molecule has 0 unspecified atom stereocenters. The number of benzene rings is 2. The van der Waals surface area contributed by atoms with Crippen molar-refractivity contribution in [3.63, 3.8) is 0 Å². The van der Waals surface area contributed by atoms with Crippen molar-refractivity contribution in [2.24, 2.45) is 5.16 Å². The van der Waals surface area contributed by atoms with Crippen LogP contribution >= 0.6 is 11.6 Å². The number of oxime groups is 1. The number of hydrogen-bond donors (Lipinski definition) is 1. The van der Waals surface area contributed by atoms with E-state index in [1.165, 1.54) is 12.3 Å². The second-order valence-corrected chi connectivity index (χ2v) is 4.56. The van der Waals surface area contributed by atoms with Crippen LogP contribution in [0.25, 0.3) is 6.08 Å². The van der Waals surface area contributed by atoms with Crippen LogP contribution in [0.2, 0.25) is 5.02 Å². The molecule has 0 saturated heterocycles. The molecule has 2 rings (SSSR count). The lowest BCUT2D eigenvalue weighted by molar-refractivity contribution is -0.128. The predicted molar refractivity (Wildman–Crippen MR) is 81.9 cm³/mol. The van der Waals surface area contributed by atoms with Crippen molar-refractivity contribution in [3.8, 4) is 5.75 Å². The lowest BCUT2D eigenvalue weighted by atomic mass is 10.2. The third-order valence-corrected chi connectivity index (χ3v) is 2.80. The second-order valence-electron chi connectivity index (χ2n) is 4.12. The number of nitrogens with zero attached hydrogens (tertiary/aromatic N) is 1. The van der Waals surface area contributed by atoms with Crippen molar-refractivity contribution in [3.05, 3.63) is 70.8 Å². The summed E-state index contributed by atoms with van der Waals surface area (Å²) in [6.45, 7) is 0. The standard InChI is InChI=1S/C16H12ClNO3/c17-14-3-1-2-12(10-14)6-9-16(19)21-15-7-4-13(5-8-15)11-18-20/h1-11,20H/b9-6?,18-11+. The SMILES string of the molecule is O=C(C=Cc1cccc(Cl)c1)Oc1ccc(/C=N/O)cc1. The van der Waals surface area contributed by atoms with Crippen LogP contribution in [0.1, 0.15) is 11.1 Å². The maximum Gasteiger partial charge on any atom is 0.336 e. The van der Waals surface area contributed by atoms with E-state index in [0.717, 1.165) is 5.56 Å². The van der Waals surface area contributed by atoms with Crippen molar-refractivity contribution in [1.29, 1.82) is 0 Å². The van der Waals surface area contributed by atoms with Gasteiger partial charge in [0.05, 0.1) is 6.21 Å². The smallest absolute Gasteiger partial charge is 0.336 e. The summed E-state index contributed by atoms with van der Waals surface area (Å²) in [4.78, 5) is 11.7. The summed E-state index contributed by atoms with van der Waals surface area (Å²) in [6, 6.07) is 13.7. The van der Waals surface area contributed by atoms with Gasteiger partial charge in [-0.25, -0.2) is 4.79 Å². The number of ether oxygens (including phenoxy) is 1. The highest BCUT2D eigenvalue weighted by Crippen LogP contribution is 2.13. The first-order chi connectivity index (χ1) is 10.2. The molecule has 0 atom stereocenters. The summed E-state index contributed by atoms with van der Waals surface area (Å²) in [5, 5.41) is 11.9. The van der Waals surface area contributed by atoms with Gasteiger partial charge in [-0.1, -0.05) is 28.9 Å². The zero-order chi connectivity index (χ0) is 15.1. The summed E-state index contributed by atoms with van der Waals surface area (Å²) in [5.41, 5.74) is 1.51. The Bertz CT molecular complexity index is 678. The first-order valence-corrected chi connectivity index (χ1v) is 6.48. The van der Waals surface area contributed by atoms with Crippen LogP contribution < -0.4 is 4.74 Å². The Morgan fingerprint density at radius 1 is 1.14 bits per heavy atom. The van der Waals surface area contributed by atoms with Crippen LogP contribution in [0.5, 0.6) is 5.75 Å². The van der Waals surface area contributed by atoms with Gasteiger partial charge in [0.2, 0.25) is 0 Å². The molecule has 5 heteroatoms. The second kappa shape index (κ2) is 7.26. The molecular formula is C16H12ClNO3. The van der Waals surface area contributed by atoms with Crippen LogP contribution in [-0.4, -0.2) is 17.4 Å². The summed E-state index contributed by atoms with van der Waals surface area (Å²) in [7, 11) is 0. The summed E-state index contributed by atoms with van der Waals surface area (Å²) < 4.78 is 5.13. The number of rotatable bonds is 4. The van der Waals surface area contributed by atoms with Gasteiger partial charge in [-0.05, 0) is 53.6 Å². The molecule has 0 aliphatic rings. The van der Waals surface area contributed by atoms with Crippen LogP contribution in [0.15, 0.2) is 59.8 Å². The van der Waals surface area contributed by atoms with E-state index in [-0.39, 0.29) is 0 Å². The van der Waals surface area contributed by atoms with E-state index in [0.29, 0.717) is 16.3 Å². The van der Waals surface area contributed by atoms with Crippen molar-refractivity contribution in [2.75, 3.05) is 0 Å². The molecule has 21 heavy (non-hydrogen) atoms. The first-order valence-electron chi connectivity index (χ1n) is 6.10. The van der Waals surface area contributed by atoms with E-state index in [4.69, 9.17) is 21.5 Å². The van der Waals surface area contributed by atoms with E-state index in [9.17, 15) is 4.79 Å². The Morgan fingerprint density at radius 2 is 1.90 bits per heavy atom. The highest BCUT2D eigenvalue weighted by Gasteiger charge is 2.00. The maximum atomic E-state index is 11.7. The molecule has 0 radical (unpaired) electrons. The molecule has 0 aliphatic heterocycles. The van der Waals surface area contributed by atoms with Gasteiger partial charge in [0.1, 0.15) is 5.75 Å². The number of esters is 1. The van der Waals surface area contributed by atoms with Crippen LogP contribution in [0.3, 0.4) is 0 Å². The van der Waals surface area contributed by atoms with Gasteiger partial charge in [0.25, 0.3) is 0 Å². The zero-order valence-corrected chi connectivity index (χ0v) is 11.7. The highest BCUT2D eigenvalue weighted by atomic mass is 35.5. The van der Waals surface area contributed by atoms with Gasteiger partial charge < -0.3 is 9.94 Å². The molecule has 106 valence electrons. The molecule has 0 aliphatic carbocycles. The largest absolute Gasteiger partial charge is 0.423 e. The molecule has 2 aromatic carbocycles. The molecular weight excluding hydrogens is 290 g/mol. The first kappa shape index (κ1) is 14.8. The Labute approximate surface area is 126 Å². The maximum absolute atomic E-state index is 11.7. The van der Waals surface area contributed by atoms with Crippen LogP contribution in [0.4, 0.5) is 0 Å². The average molecular weight is 302 g/mol. The number of hydrogen-bond acceptors (Lipinski definition) is 4. The minimum atomic E-state index is -0.487. The Balaban J connectivity index is 1.98. The Morgan fingerprint density at radius 3 is 2.57 bits per heavy atom. The number of carbonyl (C=O) groups is 1. The normalized spacial score (nSPS) is 11.1. The molecule has 0 saturated carbocycles. The van der Waals surface area contributed by atoms with Crippen molar-refractivity contribution >= 4 is 29.9 Å². The van der Waals surface area contributed by atoms with E-state index < -0.39 is 5.97 Å². The molecule has 0 heterocycles. The zero-order valence-electron chi connectivity index (χ0n) is 10.9. The third kappa shape index (κ3) is 4.78. The predicted octanol–water partition coefficient (Wildman–Crippen LogP) is 3.77. The van der Waals surface area contributed by atoms with Crippen molar-refractivity contribution < 1.29 is 14.7 Å². The fraction of sp³-hybridized carbons (Fsp3) is 0. The quantitative estimate of drug-likeness (QED) is 0.233. The van der Waals surface area contributed by atoms with Gasteiger partial charge in [0, 0.05) is 11.1 Å². The molecule has 4 nitrogen and oxygen atoms in total. The number of carbonyl (C=O) groups excluding carboxylic acids is 1. The highest BCUT2D eigenvalue weighted by molar-refractivity contribution is 6.30. The number of halogens is 1. The van der Waals surface area contributed by atoms with Gasteiger partial charge in [0.15, 0.2) is 0 Å². The summed E-state index contributed by atoms with van der Waals surface area (Å²) in [5.74, 6) is -0.0793. The van der Waals surface area contributed by atoms with Gasteiger partial charge >= 0.3 is 5.97 Å². The van der Waals surface area contributed by atoms with Crippen molar-refractivity contribution in [1.82, 2.24) is 0 Å². The fourth-order valence-corrected chi connectivity index (χ4v) is 1.81. The molecule has 0 aromatic heterocycles. The molecule has 2 aromatic rings. The monoisotopic (exact) mass is 301 g/mol. The van der Waals surface area contributed by atoms with Gasteiger partial charge in [-0.3, -0.25) is 0 Å². The average Bonchev–Trinajstić information content (AvgIpc) is 2.48. The van der Waals surface area contributed by atoms with E-state index in [1.54, 1.807) is 48.5 Å². The van der Waals surface area contributed by atoms with E-state index in [1.807, 2.05) is 6.07 Å². The molecule has 0 fully saturated rings.